The van der Waals surface area contributed by atoms with Gasteiger partial charge in [0.2, 0.25) is 0 Å². The molecule has 3 aromatic rings. The summed E-state index contributed by atoms with van der Waals surface area (Å²) in [7, 11) is -3.19. The molecule has 0 radical (unpaired) electrons. The van der Waals surface area contributed by atoms with Gasteiger partial charge in [-0.05, 0) is 63.2 Å². The van der Waals surface area contributed by atoms with Crippen LogP contribution < -0.4 is 5.73 Å². The van der Waals surface area contributed by atoms with Crippen LogP contribution in [-0.4, -0.2) is 52.3 Å². The van der Waals surface area contributed by atoms with Gasteiger partial charge in [-0.1, -0.05) is 24.3 Å². The molecule has 8 nitrogen and oxygen atoms in total. The van der Waals surface area contributed by atoms with Crippen molar-refractivity contribution in [3.8, 4) is 11.1 Å². The van der Waals surface area contributed by atoms with Gasteiger partial charge in [0.05, 0.1) is 24.8 Å². The van der Waals surface area contributed by atoms with Gasteiger partial charge in [0.1, 0.15) is 17.8 Å². The fourth-order valence-electron chi connectivity index (χ4n) is 5.19. The topological polar surface area (TPSA) is 95.5 Å². The highest BCUT2D eigenvalue weighted by Gasteiger charge is 2.34. The Labute approximate surface area is 201 Å². The van der Waals surface area contributed by atoms with E-state index >= 15 is 0 Å². The van der Waals surface area contributed by atoms with Gasteiger partial charge in [0.15, 0.2) is 0 Å². The summed E-state index contributed by atoms with van der Waals surface area (Å²) < 4.78 is 26.4. The number of fused-ring (bicyclic) bond motifs is 1. The summed E-state index contributed by atoms with van der Waals surface area (Å²) >= 11 is 0. The largest absolute Gasteiger partial charge is 0.383 e. The molecule has 1 aromatic carbocycles. The summed E-state index contributed by atoms with van der Waals surface area (Å²) in [6, 6.07) is 8.46. The SMILES string of the molecule is CCOP(=O)(Cc1cccc(-c2cn([C@H]3C[C@@H](CN4CCC4)C3)c3ncnc(N)c23)c1)OCC. The lowest BCUT2D eigenvalue weighted by Gasteiger charge is -2.42. The first-order valence-electron chi connectivity index (χ1n) is 12.3. The van der Waals surface area contributed by atoms with Gasteiger partial charge in [-0.3, -0.25) is 4.57 Å². The van der Waals surface area contributed by atoms with Crippen molar-refractivity contribution in [2.24, 2.45) is 5.92 Å². The summed E-state index contributed by atoms with van der Waals surface area (Å²) in [5, 5.41) is 0.878. The Kier molecular flexibility index (Phi) is 6.76. The van der Waals surface area contributed by atoms with E-state index in [-0.39, 0.29) is 6.16 Å². The Bertz CT molecular complexity index is 1190. The van der Waals surface area contributed by atoms with E-state index in [1.54, 1.807) is 6.33 Å². The van der Waals surface area contributed by atoms with Crippen LogP contribution in [-0.2, 0) is 19.8 Å². The van der Waals surface area contributed by atoms with Crippen LogP contribution in [0, 0.1) is 5.92 Å². The van der Waals surface area contributed by atoms with E-state index in [1.165, 1.54) is 26.1 Å². The van der Waals surface area contributed by atoms with Crippen molar-refractivity contribution in [1.29, 1.82) is 0 Å². The molecule has 0 unspecified atom stereocenters. The average molecular weight is 484 g/mol. The molecule has 1 saturated heterocycles. The van der Waals surface area contributed by atoms with E-state index in [0.717, 1.165) is 46.5 Å². The fraction of sp³-hybridized carbons (Fsp3) is 0.520. The highest BCUT2D eigenvalue weighted by atomic mass is 31.2. The minimum Gasteiger partial charge on any atom is -0.383 e. The maximum Gasteiger partial charge on any atom is 0.335 e. The maximum atomic E-state index is 13.1. The second-order valence-corrected chi connectivity index (χ2v) is 11.4. The second kappa shape index (κ2) is 9.78. The molecular weight excluding hydrogens is 449 g/mol. The molecule has 5 rings (SSSR count). The zero-order valence-corrected chi connectivity index (χ0v) is 20.9. The third-order valence-corrected chi connectivity index (χ3v) is 9.03. The summed E-state index contributed by atoms with van der Waals surface area (Å²) in [5.41, 5.74) is 10.1. The lowest BCUT2D eigenvalue weighted by molar-refractivity contribution is 0.0921. The monoisotopic (exact) mass is 483 g/mol. The number of rotatable bonds is 10. The third-order valence-electron chi connectivity index (χ3n) is 6.97. The first kappa shape index (κ1) is 23.5. The van der Waals surface area contributed by atoms with Gasteiger partial charge in [-0.25, -0.2) is 9.97 Å². The molecule has 1 aliphatic heterocycles. The van der Waals surface area contributed by atoms with Crippen molar-refractivity contribution in [2.45, 2.75) is 45.3 Å². The first-order chi connectivity index (χ1) is 16.5. The van der Waals surface area contributed by atoms with Crippen LogP contribution in [0.25, 0.3) is 22.2 Å². The minimum atomic E-state index is -3.19. The minimum absolute atomic E-state index is 0.230. The molecule has 34 heavy (non-hydrogen) atoms. The summed E-state index contributed by atoms with van der Waals surface area (Å²) in [5.74, 6) is 1.23. The number of nitrogens with two attached hydrogens (primary N) is 1. The molecule has 3 heterocycles. The molecule has 2 N–H and O–H groups in total. The number of nitrogen functional groups attached to an aromatic ring is 1. The third kappa shape index (κ3) is 4.65. The normalized spacial score (nSPS) is 20.9. The molecule has 9 heteroatoms. The average Bonchev–Trinajstić information content (AvgIpc) is 3.12. The number of likely N-dealkylation sites (tertiary alicyclic amines) is 1. The van der Waals surface area contributed by atoms with Crippen molar-refractivity contribution in [3.63, 3.8) is 0 Å². The van der Waals surface area contributed by atoms with Crippen LogP contribution in [0.1, 0.15) is 44.7 Å². The first-order valence-corrected chi connectivity index (χ1v) is 14.0. The predicted octanol–water partition coefficient (Wildman–Crippen LogP) is 5.10. The molecule has 1 saturated carbocycles. The van der Waals surface area contributed by atoms with Crippen LogP contribution in [0.5, 0.6) is 0 Å². The zero-order chi connectivity index (χ0) is 23.7. The van der Waals surface area contributed by atoms with Gasteiger partial charge < -0.3 is 24.2 Å². The highest BCUT2D eigenvalue weighted by Crippen LogP contribution is 2.51. The van der Waals surface area contributed by atoms with Gasteiger partial charge in [0, 0.05) is 24.3 Å². The number of hydrogen-bond donors (Lipinski definition) is 1. The predicted molar refractivity (Wildman–Crippen MR) is 135 cm³/mol. The van der Waals surface area contributed by atoms with Crippen molar-refractivity contribution in [2.75, 3.05) is 38.6 Å². The molecule has 0 bridgehead atoms. The highest BCUT2D eigenvalue weighted by molar-refractivity contribution is 7.53. The van der Waals surface area contributed by atoms with Crippen molar-refractivity contribution >= 4 is 24.4 Å². The van der Waals surface area contributed by atoms with E-state index in [0.29, 0.717) is 25.1 Å². The van der Waals surface area contributed by atoms with Crippen LogP contribution in [0.15, 0.2) is 36.8 Å². The van der Waals surface area contributed by atoms with Gasteiger partial charge >= 0.3 is 7.60 Å². The van der Waals surface area contributed by atoms with E-state index in [9.17, 15) is 4.57 Å². The molecule has 0 atom stereocenters. The van der Waals surface area contributed by atoms with Crippen LogP contribution in [0.2, 0.25) is 0 Å². The van der Waals surface area contributed by atoms with E-state index < -0.39 is 7.60 Å². The van der Waals surface area contributed by atoms with Gasteiger partial charge in [0.25, 0.3) is 0 Å². The Hall–Kier alpha value is -2.25. The summed E-state index contributed by atoms with van der Waals surface area (Å²) in [6.07, 6.45) is 7.61. The van der Waals surface area contributed by atoms with Crippen molar-refractivity contribution in [1.82, 2.24) is 19.4 Å². The molecule has 0 spiro atoms. The lowest BCUT2D eigenvalue weighted by Crippen LogP contribution is -2.43. The number of nitrogens with zero attached hydrogens (tertiary/aromatic N) is 4. The standard InChI is InChI=1S/C25H34N5O3P/c1-3-32-34(31,33-4-2)16-18-7-5-8-20(11-18)22-15-30(25-23(22)24(26)27-17-28-25)21-12-19(13-21)14-29-9-6-10-29/h5,7-8,11,15,17,19,21H,3-4,6,9-10,12-14,16H2,1-2H3,(H2,26,27,28)/t19-,21+. The number of anilines is 1. The van der Waals surface area contributed by atoms with Crippen LogP contribution >= 0.6 is 7.60 Å². The van der Waals surface area contributed by atoms with Crippen molar-refractivity contribution < 1.29 is 13.6 Å². The zero-order valence-electron chi connectivity index (χ0n) is 20.0. The smallest absolute Gasteiger partial charge is 0.335 e. The Morgan fingerprint density at radius 1 is 1.15 bits per heavy atom. The van der Waals surface area contributed by atoms with E-state index in [1.807, 2.05) is 32.0 Å². The van der Waals surface area contributed by atoms with Crippen LogP contribution in [0.3, 0.4) is 0 Å². The maximum absolute atomic E-state index is 13.1. The fourth-order valence-corrected chi connectivity index (χ4v) is 6.88. The van der Waals surface area contributed by atoms with Crippen LogP contribution in [0.4, 0.5) is 5.82 Å². The lowest BCUT2D eigenvalue weighted by atomic mass is 9.79. The van der Waals surface area contributed by atoms with Gasteiger partial charge in [-0.2, -0.15) is 0 Å². The molecule has 2 aromatic heterocycles. The molecule has 182 valence electrons. The summed E-state index contributed by atoms with van der Waals surface area (Å²) in [6.45, 7) is 8.05. The second-order valence-electron chi connectivity index (χ2n) is 9.36. The number of benzene rings is 1. The molecular formula is C25H34N5O3P. The molecule has 0 amide bonds. The number of hydrogen-bond acceptors (Lipinski definition) is 7. The van der Waals surface area contributed by atoms with E-state index in [2.05, 4.69) is 31.7 Å². The summed E-state index contributed by atoms with van der Waals surface area (Å²) in [4.78, 5) is 11.4. The Balaban J connectivity index is 1.44. The quantitative estimate of drug-likeness (QED) is 0.401. The van der Waals surface area contributed by atoms with Gasteiger partial charge in [-0.15, -0.1) is 0 Å². The molecule has 1 aliphatic carbocycles. The van der Waals surface area contributed by atoms with E-state index in [4.69, 9.17) is 14.8 Å². The Morgan fingerprint density at radius 2 is 1.91 bits per heavy atom. The molecule has 2 fully saturated rings. The molecule has 2 aliphatic rings. The Morgan fingerprint density at radius 3 is 2.59 bits per heavy atom. The number of aromatic nitrogens is 3. The van der Waals surface area contributed by atoms with Crippen molar-refractivity contribution in [3.05, 3.63) is 42.4 Å².